The summed E-state index contributed by atoms with van der Waals surface area (Å²) >= 11 is 2.06. The molecule has 2 fully saturated rings. The third-order valence-electron chi connectivity index (χ3n) is 3.71. The van der Waals surface area contributed by atoms with Gasteiger partial charge >= 0.3 is 0 Å². The predicted molar refractivity (Wildman–Crippen MR) is 83.5 cm³/mol. The molecule has 5 nitrogen and oxygen atoms in total. The molecule has 2 aliphatic rings. The van der Waals surface area contributed by atoms with E-state index in [1.54, 1.807) is 6.33 Å². The SMILES string of the molecule is c1nc(NC[C@@H]2CCCS2)cc(N[C@H]2CCCOC2)n1. The van der Waals surface area contributed by atoms with Crippen molar-refractivity contribution in [3.63, 3.8) is 0 Å². The van der Waals surface area contributed by atoms with Gasteiger partial charge in [0.1, 0.15) is 18.0 Å². The third-order valence-corrected chi connectivity index (χ3v) is 5.11. The second kappa shape index (κ2) is 7.13. The molecule has 0 amide bonds. The Kier molecular flexibility index (Phi) is 4.97. The van der Waals surface area contributed by atoms with Crippen molar-refractivity contribution in [3.8, 4) is 0 Å². The van der Waals surface area contributed by atoms with Gasteiger partial charge in [0.05, 0.1) is 12.6 Å². The van der Waals surface area contributed by atoms with Crippen LogP contribution in [0.2, 0.25) is 0 Å². The molecule has 20 heavy (non-hydrogen) atoms. The molecule has 2 atom stereocenters. The molecule has 3 heterocycles. The summed E-state index contributed by atoms with van der Waals surface area (Å²) < 4.78 is 5.48. The average Bonchev–Trinajstić information content (AvgIpc) is 3.00. The van der Waals surface area contributed by atoms with Gasteiger partial charge in [0, 0.05) is 24.5 Å². The van der Waals surface area contributed by atoms with Crippen molar-refractivity contribution in [2.24, 2.45) is 0 Å². The lowest BCUT2D eigenvalue weighted by molar-refractivity contribution is 0.0875. The Morgan fingerprint density at radius 1 is 1.25 bits per heavy atom. The van der Waals surface area contributed by atoms with Gasteiger partial charge in [-0.15, -0.1) is 0 Å². The van der Waals surface area contributed by atoms with Gasteiger partial charge in [0.2, 0.25) is 0 Å². The average molecular weight is 294 g/mol. The van der Waals surface area contributed by atoms with Crippen molar-refractivity contribution < 1.29 is 4.74 Å². The summed E-state index contributed by atoms with van der Waals surface area (Å²) in [5.41, 5.74) is 0. The topological polar surface area (TPSA) is 59.1 Å². The summed E-state index contributed by atoms with van der Waals surface area (Å²) in [6.07, 6.45) is 6.54. The molecule has 6 heteroatoms. The lowest BCUT2D eigenvalue weighted by atomic mass is 10.1. The van der Waals surface area contributed by atoms with Crippen LogP contribution in [0.4, 0.5) is 11.6 Å². The van der Waals surface area contributed by atoms with E-state index in [0.29, 0.717) is 6.04 Å². The highest BCUT2D eigenvalue weighted by molar-refractivity contribution is 8.00. The first-order valence-electron chi connectivity index (χ1n) is 7.42. The lowest BCUT2D eigenvalue weighted by Gasteiger charge is -2.23. The molecular formula is C14H22N4OS. The van der Waals surface area contributed by atoms with Crippen molar-refractivity contribution in [1.29, 1.82) is 0 Å². The Morgan fingerprint density at radius 2 is 2.20 bits per heavy atom. The van der Waals surface area contributed by atoms with Gasteiger partial charge < -0.3 is 15.4 Å². The van der Waals surface area contributed by atoms with E-state index >= 15 is 0 Å². The van der Waals surface area contributed by atoms with Gasteiger partial charge in [-0.1, -0.05) is 0 Å². The second-order valence-electron chi connectivity index (χ2n) is 5.36. The van der Waals surface area contributed by atoms with Crippen LogP contribution in [0.5, 0.6) is 0 Å². The van der Waals surface area contributed by atoms with Crippen LogP contribution in [0.1, 0.15) is 25.7 Å². The molecule has 110 valence electrons. The lowest BCUT2D eigenvalue weighted by Crippen LogP contribution is -2.30. The maximum Gasteiger partial charge on any atom is 0.131 e. The number of aromatic nitrogens is 2. The molecule has 0 bridgehead atoms. The van der Waals surface area contributed by atoms with Crippen molar-refractivity contribution in [3.05, 3.63) is 12.4 Å². The molecule has 0 aliphatic carbocycles. The normalized spacial score (nSPS) is 26.4. The van der Waals surface area contributed by atoms with E-state index < -0.39 is 0 Å². The quantitative estimate of drug-likeness (QED) is 0.869. The third kappa shape index (κ3) is 3.99. The molecule has 0 radical (unpaired) electrons. The van der Waals surface area contributed by atoms with Crippen LogP contribution in [-0.4, -0.2) is 46.8 Å². The van der Waals surface area contributed by atoms with Crippen LogP contribution in [0.25, 0.3) is 0 Å². The van der Waals surface area contributed by atoms with Gasteiger partial charge in [0.25, 0.3) is 0 Å². The monoisotopic (exact) mass is 294 g/mol. The summed E-state index contributed by atoms with van der Waals surface area (Å²) in [6.45, 7) is 2.65. The fraction of sp³-hybridized carbons (Fsp3) is 0.714. The zero-order valence-corrected chi connectivity index (χ0v) is 12.5. The zero-order valence-electron chi connectivity index (χ0n) is 11.7. The Balaban J connectivity index is 1.51. The van der Waals surface area contributed by atoms with Crippen molar-refractivity contribution in [2.45, 2.75) is 37.0 Å². The molecule has 0 unspecified atom stereocenters. The number of nitrogens with one attached hydrogen (secondary N) is 2. The number of hydrogen-bond acceptors (Lipinski definition) is 6. The first-order valence-corrected chi connectivity index (χ1v) is 8.47. The Bertz CT molecular complexity index is 419. The van der Waals surface area contributed by atoms with E-state index in [-0.39, 0.29) is 0 Å². The Hall–Kier alpha value is -1.01. The summed E-state index contributed by atoms with van der Waals surface area (Å²) in [4.78, 5) is 8.58. The maximum absolute atomic E-state index is 5.48. The van der Waals surface area contributed by atoms with E-state index in [9.17, 15) is 0 Å². The zero-order chi connectivity index (χ0) is 13.6. The van der Waals surface area contributed by atoms with Crippen LogP contribution in [0.15, 0.2) is 12.4 Å². The van der Waals surface area contributed by atoms with Gasteiger partial charge in [-0.05, 0) is 31.4 Å². The fourth-order valence-corrected chi connectivity index (χ4v) is 3.82. The summed E-state index contributed by atoms with van der Waals surface area (Å²) in [5.74, 6) is 3.09. The minimum atomic E-state index is 0.372. The van der Waals surface area contributed by atoms with Crippen LogP contribution in [0.3, 0.4) is 0 Å². The first kappa shape index (κ1) is 13.9. The number of hydrogen-bond donors (Lipinski definition) is 2. The minimum Gasteiger partial charge on any atom is -0.379 e. The number of ether oxygens (including phenoxy) is 1. The number of rotatable bonds is 5. The van der Waals surface area contributed by atoms with E-state index in [1.807, 2.05) is 6.07 Å². The standard InChI is InChI=1S/C14H22N4OS/c1-3-11(9-19-5-1)18-14-7-13(16-10-17-14)15-8-12-4-2-6-20-12/h7,10-12H,1-6,8-9H2,(H2,15,16,17,18)/t11-,12-/m0/s1. The highest BCUT2D eigenvalue weighted by atomic mass is 32.2. The predicted octanol–water partition coefficient (Wildman–Crippen LogP) is 2.38. The second-order valence-corrected chi connectivity index (χ2v) is 6.77. The molecule has 0 saturated carbocycles. The first-order chi connectivity index (χ1) is 9.90. The number of anilines is 2. The van der Waals surface area contributed by atoms with E-state index in [0.717, 1.165) is 49.5 Å². The van der Waals surface area contributed by atoms with Crippen molar-refractivity contribution >= 4 is 23.4 Å². The molecule has 1 aromatic rings. The molecule has 1 aromatic heterocycles. The van der Waals surface area contributed by atoms with Crippen molar-refractivity contribution in [2.75, 3.05) is 36.1 Å². The minimum absolute atomic E-state index is 0.372. The molecule has 2 N–H and O–H groups in total. The van der Waals surface area contributed by atoms with Crippen LogP contribution < -0.4 is 10.6 Å². The van der Waals surface area contributed by atoms with Gasteiger partial charge in [-0.3, -0.25) is 0 Å². The summed E-state index contributed by atoms with van der Waals surface area (Å²) in [7, 11) is 0. The van der Waals surface area contributed by atoms with Crippen LogP contribution >= 0.6 is 11.8 Å². The number of nitrogens with zero attached hydrogens (tertiary/aromatic N) is 2. The molecule has 2 aliphatic heterocycles. The van der Waals surface area contributed by atoms with Crippen LogP contribution in [0, 0.1) is 0 Å². The smallest absolute Gasteiger partial charge is 0.131 e. The van der Waals surface area contributed by atoms with Crippen molar-refractivity contribution in [1.82, 2.24) is 9.97 Å². The van der Waals surface area contributed by atoms with Gasteiger partial charge in [0.15, 0.2) is 0 Å². The highest BCUT2D eigenvalue weighted by Crippen LogP contribution is 2.26. The molecule has 3 rings (SSSR count). The fourth-order valence-electron chi connectivity index (χ4n) is 2.62. The summed E-state index contributed by atoms with van der Waals surface area (Å²) in [5, 5.41) is 7.58. The largest absolute Gasteiger partial charge is 0.379 e. The van der Waals surface area contributed by atoms with Gasteiger partial charge in [-0.2, -0.15) is 11.8 Å². The Morgan fingerprint density at radius 3 is 3.00 bits per heavy atom. The highest BCUT2D eigenvalue weighted by Gasteiger charge is 2.16. The van der Waals surface area contributed by atoms with E-state index in [2.05, 4.69) is 32.4 Å². The Labute approximate surface area is 124 Å². The molecule has 0 aromatic carbocycles. The maximum atomic E-state index is 5.48. The van der Waals surface area contributed by atoms with E-state index in [1.165, 1.54) is 18.6 Å². The molecule has 0 spiro atoms. The van der Waals surface area contributed by atoms with Crippen LogP contribution in [-0.2, 0) is 4.74 Å². The number of thioether (sulfide) groups is 1. The molecular weight excluding hydrogens is 272 g/mol. The van der Waals surface area contributed by atoms with E-state index in [4.69, 9.17) is 4.74 Å². The van der Waals surface area contributed by atoms with Gasteiger partial charge in [-0.25, -0.2) is 9.97 Å². The summed E-state index contributed by atoms with van der Waals surface area (Å²) in [6, 6.07) is 2.37. The molecule has 2 saturated heterocycles.